The number of nitrogens with zero attached hydrogens (tertiary/aromatic N) is 4. The summed E-state index contributed by atoms with van der Waals surface area (Å²) in [6.45, 7) is 14.3. The number of guanidine groups is 1. The number of carbonyl (C=O) groups excluding carboxylic acids is 1. The molecule has 2 aliphatic heterocycles. The normalized spacial score (nSPS) is 21.9. The number of aliphatic imine (C=N–C) groups is 1. The van der Waals surface area contributed by atoms with Crippen LogP contribution in [0.25, 0.3) is 0 Å². The molecule has 0 bridgehead atoms. The second-order valence-electron chi connectivity index (χ2n) is 7.49. The first-order chi connectivity index (χ1) is 13.2. The van der Waals surface area contributed by atoms with E-state index in [2.05, 4.69) is 31.9 Å². The van der Waals surface area contributed by atoms with Crippen molar-refractivity contribution in [1.29, 1.82) is 0 Å². The van der Waals surface area contributed by atoms with Crippen molar-refractivity contribution in [3.05, 3.63) is 0 Å². The Morgan fingerprint density at radius 1 is 1.11 bits per heavy atom. The van der Waals surface area contributed by atoms with E-state index in [0.29, 0.717) is 13.2 Å². The Bertz CT molecular complexity index is 470. The molecule has 7 nitrogen and oxygen atoms in total. The summed E-state index contributed by atoms with van der Waals surface area (Å²) < 4.78 is 5.19. The maximum Gasteiger partial charge on any atom is 0.310 e. The van der Waals surface area contributed by atoms with E-state index in [1.165, 1.54) is 45.7 Å². The molecule has 1 N–H and O–H groups in total. The zero-order chi connectivity index (χ0) is 19.5. The number of halogens is 1. The highest BCUT2D eigenvalue weighted by atomic mass is 127. The van der Waals surface area contributed by atoms with Crippen LogP contribution < -0.4 is 5.32 Å². The third-order valence-corrected chi connectivity index (χ3v) is 5.65. The zero-order valence-corrected chi connectivity index (χ0v) is 20.3. The molecule has 1 unspecified atom stereocenters. The van der Waals surface area contributed by atoms with E-state index in [9.17, 15) is 4.79 Å². The lowest BCUT2D eigenvalue weighted by atomic mass is 9.98. The van der Waals surface area contributed by atoms with Crippen LogP contribution in [-0.2, 0) is 9.53 Å². The molecule has 28 heavy (non-hydrogen) atoms. The molecule has 0 saturated carbocycles. The predicted molar refractivity (Wildman–Crippen MR) is 125 cm³/mol. The van der Waals surface area contributed by atoms with Gasteiger partial charge in [0.05, 0.1) is 12.5 Å². The van der Waals surface area contributed by atoms with Gasteiger partial charge in [-0.05, 0) is 45.7 Å². The van der Waals surface area contributed by atoms with E-state index in [1.807, 2.05) is 14.0 Å². The topological polar surface area (TPSA) is 60.4 Å². The highest BCUT2D eigenvalue weighted by Gasteiger charge is 2.28. The highest BCUT2D eigenvalue weighted by Crippen LogP contribution is 2.18. The van der Waals surface area contributed by atoms with Gasteiger partial charge in [0.25, 0.3) is 0 Å². The SMILES string of the molecule is CCOC(=O)C1CCCN(C(=NC)NCCCCN2CCN(CC)CC2)C1.I. The lowest BCUT2D eigenvalue weighted by Crippen LogP contribution is -2.48. The zero-order valence-electron chi connectivity index (χ0n) is 18.0. The molecule has 0 spiro atoms. The summed E-state index contributed by atoms with van der Waals surface area (Å²) in [5.74, 6) is 0.820. The fourth-order valence-corrected chi connectivity index (χ4v) is 3.94. The summed E-state index contributed by atoms with van der Waals surface area (Å²) in [6.07, 6.45) is 4.27. The van der Waals surface area contributed by atoms with E-state index in [-0.39, 0.29) is 35.9 Å². The number of piperidine rings is 1. The maximum absolute atomic E-state index is 12.0. The summed E-state index contributed by atoms with van der Waals surface area (Å²) in [4.78, 5) is 23.7. The number of carbonyl (C=O) groups is 1. The van der Waals surface area contributed by atoms with Crippen LogP contribution in [0.4, 0.5) is 0 Å². The van der Waals surface area contributed by atoms with Gasteiger partial charge in [0.1, 0.15) is 0 Å². The van der Waals surface area contributed by atoms with Crippen molar-refractivity contribution in [2.45, 2.75) is 39.5 Å². The van der Waals surface area contributed by atoms with Gasteiger partial charge in [-0.2, -0.15) is 0 Å². The van der Waals surface area contributed by atoms with Crippen LogP contribution >= 0.6 is 24.0 Å². The molecule has 0 aromatic rings. The molecule has 0 aliphatic carbocycles. The van der Waals surface area contributed by atoms with Gasteiger partial charge < -0.3 is 24.8 Å². The van der Waals surface area contributed by atoms with Crippen LogP contribution in [-0.4, -0.2) is 99.2 Å². The van der Waals surface area contributed by atoms with Crippen LogP contribution in [0.15, 0.2) is 4.99 Å². The van der Waals surface area contributed by atoms with Crippen molar-refractivity contribution < 1.29 is 9.53 Å². The minimum Gasteiger partial charge on any atom is -0.466 e. The fourth-order valence-electron chi connectivity index (χ4n) is 3.94. The van der Waals surface area contributed by atoms with Crippen LogP contribution in [0.1, 0.15) is 39.5 Å². The van der Waals surface area contributed by atoms with Crippen molar-refractivity contribution in [1.82, 2.24) is 20.0 Å². The third kappa shape index (κ3) is 8.41. The first-order valence-corrected chi connectivity index (χ1v) is 10.7. The number of unbranched alkanes of at least 4 members (excludes halogenated alkanes) is 1. The van der Waals surface area contributed by atoms with Crippen molar-refractivity contribution in [2.75, 3.05) is 72.6 Å². The lowest BCUT2D eigenvalue weighted by Gasteiger charge is -2.34. The Hall–Kier alpha value is -0.610. The number of likely N-dealkylation sites (N-methyl/N-ethyl adjacent to an activating group) is 1. The van der Waals surface area contributed by atoms with Gasteiger partial charge in [-0.3, -0.25) is 9.79 Å². The van der Waals surface area contributed by atoms with Crippen molar-refractivity contribution in [3.8, 4) is 0 Å². The Labute approximate surface area is 188 Å². The highest BCUT2D eigenvalue weighted by molar-refractivity contribution is 14.0. The van der Waals surface area contributed by atoms with E-state index in [4.69, 9.17) is 4.74 Å². The molecule has 0 radical (unpaired) electrons. The van der Waals surface area contributed by atoms with Gasteiger partial charge in [0, 0.05) is 52.9 Å². The minimum absolute atomic E-state index is 0. The number of piperazine rings is 1. The monoisotopic (exact) mass is 509 g/mol. The number of hydrogen-bond acceptors (Lipinski definition) is 5. The van der Waals surface area contributed by atoms with Crippen LogP contribution in [0.2, 0.25) is 0 Å². The van der Waals surface area contributed by atoms with Gasteiger partial charge in [-0.15, -0.1) is 24.0 Å². The average Bonchev–Trinajstić information content (AvgIpc) is 2.71. The Morgan fingerprint density at radius 2 is 1.82 bits per heavy atom. The van der Waals surface area contributed by atoms with Crippen LogP contribution in [0, 0.1) is 5.92 Å². The van der Waals surface area contributed by atoms with E-state index < -0.39 is 0 Å². The number of likely N-dealkylation sites (tertiary alicyclic amines) is 1. The summed E-state index contributed by atoms with van der Waals surface area (Å²) in [5.41, 5.74) is 0. The molecule has 2 heterocycles. The Balaban J connectivity index is 0.00000392. The Morgan fingerprint density at radius 3 is 2.46 bits per heavy atom. The molecule has 0 amide bonds. The first-order valence-electron chi connectivity index (χ1n) is 10.7. The summed E-state index contributed by atoms with van der Waals surface area (Å²) in [6, 6.07) is 0. The lowest BCUT2D eigenvalue weighted by molar-refractivity contribution is -0.149. The number of ether oxygens (including phenoxy) is 1. The second-order valence-corrected chi connectivity index (χ2v) is 7.49. The molecule has 0 aromatic heterocycles. The molecule has 2 aliphatic rings. The summed E-state index contributed by atoms with van der Waals surface area (Å²) in [5, 5.41) is 3.48. The maximum atomic E-state index is 12.0. The molecular formula is C20H40IN5O2. The van der Waals surface area contributed by atoms with Gasteiger partial charge in [-0.1, -0.05) is 6.92 Å². The van der Waals surface area contributed by atoms with Crippen molar-refractivity contribution >= 4 is 35.9 Å². The number of nitrogens with one attached hydrogen (secondary N) is 1. The van der Waals surface area contributed by atoms with Gasteiger partial charge in [0.15, 0.2) is 5.96 Å². The average molecular weight is 509 g/mol. The molecule has 2 rings (SSSR count). The fraction of sp³-hybridized carbons (Fsp3) is 0.900. The van der Waals surface area contributed by atoms with E-state index >= 15 is 0 Å². The predicted octanol–water partition coefficient (Wildman–Crippen LogP) is 1.87. The third-order valence-electron chi connectivity index (χ3n) is 5.65. The second kappa shape index (κ2) is 14.4. The standard InChI is InChI=1S/C20H39N5O2.HI/c1-4-23-13-15-24(16-14-23)11-7-6-10-22-20(21-3)25-12-8-9-18(17-25)19(26)27-5-2;/h18H,4-17H2,1-3H3,(H,21,22);1H. The van der Waals surface area contributed by atoms with Gasteiger partial charge in [0.2, 0.25) is 0 Å². The number of rotatable bonds is 8. The van der Waals surface area contributed by atoms with E-state index in [1.54, 1.807) is 0 Å². The molecule has 164 valence electrons. The molecule has 2 saturated heterocycles. The largest absolute Gasteiger partial charge is 0.466 e. The molecule has 1 atom stereocenters. The van der Waals surface area contributed by atoms with Crippen LogP contribution in [0.3, 0.4) is 0 Å². The Kier molecular flexibility index (Phi) is 13.1. The van der Waals surface area contributed by atoms with Crippen molar-refractivity contribution in [3.63, 3.8) is 0 Å². The number of hydrogen-bond donors (Lipinski definition) is 1. The van der Waals surface area contributed by atoms with Gasteiger partial charge in [-0.25, -0.2) is 0 Å². The first kappa shape index (κ1) is 25.4. The summed E-state index contributed by atoms with van der Waals surface area (Å²) >= 11 is 0. The number of esters is 1. The quantitative estimate of drug-likeness (QED) is 0.177. The van der Waals surface area contributed by atoms with E-state index in [0.717, 1.165) is 38.3 Å². The smallest absolute Gasteiger partial charge is 0.310 e. The minimum atomic E-state index is -0.0687. The van der Waals surface area contributed by atoms with Crippen LogP contribution in [0.5, 0.6) is 0 Å². The molecule has 0 aromatic carbocycles. The summed E-state index contributed by atoms with van der Waals surface area (Å²) in [7, 11) is 1.82. The molecular weight excluding hydrogens is 469 g/mol. The molecule has 8 heteroatoms. The van der Waals surface area contributed by atoms with Gasteiger partial charge >= 0.3 is 5.97 Å². The molecule has 2 fully saturated rings. The van der Waals surface area contributed by atoms with Crippen molar-refractivity contribution in [2.24, 2.45) is 10.9 Å².